The van der Waals surface area contributed by atoms with Crippen molar-refractivity contribution in [2.24, 2.45) is 0 Å². The van der Waals surface area contributed by atoms with Crippen LogP contribution in [-0.4, -0.2) is 32.0 Å². The molecule has 0 spiro atoms. The molecule has 0 aromatic heterocycles. The highest BCUT2D eigenvalue weighted by atomic mass is 79.9. The fraction of sp³-hybridized carbons (Fsp3) is 0.263. The first-order chi connectivity index (χ1) is 11.8. The second kappa shape index (κ2) is 8.78. The Morgan fingerprint density at radius 1 is 0.960 bits per heavy atom. The highest BCUT2D eigenvalue weighted by Crippen LogP contribution is 2.20. The topological polar surface area (TPSA) is 62.6 Å². The molecule has 0 radical (unpaired) electrons. The van der Waals surface area contributed by atoms with Crippen molar-refractivity contribution in [1.82, 2.24) is 0 Å². The minimum atomic E-state index is -0.136. The lowest BCUT2D eigenvalue weighted by Gasteiger charge is -2.14. The lowest BCUT2D eigenvalue weighted by Crippen LogP contribution is -3.11. The van der Waals surface area contributed by atoms with Crippen LogP contribution in [0.2, 0.25) is 0 Å². The van der Waals surface area contributed by atoms with E-state index in [4.69, 9.17) is 0 Å². The SMILES string of the molecule is Cc1cc(C)cc(NC(=O)C[NH+](C)CC(=O)Nc2ccccc2Br)c1. The van der Waals surface area contributed by atoms with E-state index < -0.39 is 0 Å². The molecule has 2 aromatic rings. The lowest BCUT2D eigenvalue weighted by molar-refractivity contribution is -0.862. The summed E-state index contributed by atoms with van der Waals surface area (Å²) in [5, 5.41) is 5.73. The Kier molecular flexibility index (Phi) is 6.73. The molecular formula is C19H23BrN3O2+. The van der Waals surface area contributed by atoms with Crippen LogP contribution in [0.4, 0.5) is 11.4 Å². The van der Waals surface area contributed by atoms with Crippen LogP contribution < -0.4 is 15.5 Å². The van der Waals surface area contributed by atoms with E-state index in [1.807, 2.05) is 57.3 Å². The number of benzene rings is 2. The van der Waals surface area contributed by atoms with E-state index in [-0.39, 0.29) is 24.9 Å². The molecule has 1 unspecified atom stereocenters. The molecule has 0 bridgehead atoms. The maximum atomic E-state index is 12.2. The second-order valence-electron chi connectivity index (χ2n) is 6.26. The summed E-state index contributed by atoms with van der Waals surface area (Å²) in [4.78, 5) is 25.1. The largest absolute Gasteiger partial charge is 0.322 e. The zero-order chi connectivity index (χ0) is 18.4. The van der Waals surface area contributed by atoms with Crippen LogP contribution in [0.5, 0.6) is 0 Å². The molecule has 0 heterocycles. The molecule has 132 valence electrons. The average Bonchev–Trinajstić information content (AvgIpc) is 2.47. The summed E-state index contributed by atoms with van der Waals surface area (Å²) in [5.74, 6) is -0.250. The van der Waals surface area contributed by atoms with Gasteiger partial charge in [-0.25, -0.2) is 0 Å². The minimum Gasteiger partial charge on any atom is -0.322 e. The van der Waals surface area contributed by atoms with Crippen molar-refractivity contribution in [3.05, 3.63) is 58.1 Å². The molecule has 0 aliphatic carbocycles. The maximum Gasteiger partial charge on any atom is 0.279 e. The van der Waals surface area contributed by atoms with Gasteiger partial charge < -0.3 is 15.5 Å². The van der Waals surface area contributed by atoms with Gasteiger partial charge in [0.2, 0.25) is 0 Å². The molecule has 6 heteroatoms. The summed E-state index contributed by atoms with van der Waals surface area (Å²) in [5.41, 5.74) is 3.71. The summed E-state index contributed by atoms with van der Waals surface area (Å²) in [7, 11) is 1.82. The Labute approximate surface area is 156 Å². The Morgan fingerprint density at radius 2 is 1.52 bits per heavy atom. The van der Waals surface area contributed by atoms with Crippen molar-refractivity contribution >= 4 is 39.1 Å². The summed E-state index contributed by atoms with van der Waals surface area (Å²) < 4.78 is 0.827. The van der Waals surface area contributed by atoms with E-state index in [0.29, 0.717) is 0 Å². The van der Waals surface area contributed by atoms with Crippen molar-refractivity contribution in [3.63, 3.8) is 0 Å². The number of likely N-dealkylation sites (N-methyl/N-ethyl adjacent to an activating group) is 1. The van der Waals surface area contributed by atoms with Crippen LogP contribution in [0.25, 0.3) is 0 Å². The number of hydrogen-bond acceptors (Lipinski definition) is 2. The van der Waals surface area contributed by atoms with Gasteiger partial charge in [-0.15, -0.1) is 0 Å². The molecule has 5 nitrogen and oxygen atoms in total. The molecule has 0 fully saturated rings. The molecular weight excluding hydrogens is 382 g/mol. The zero-order valence-corrected chi connectivity index (χ0v) is 16.2. The van der Waals surface area contributed by atoms with Crippen molar-refractivity contribution in [2.45, 2.75) is 13.8 Å². The van der Waals surface area contributed by atoms with Gasteiger partial charge in [-0.1, -0.05) is 18.2 Å². The first-order valence-electron chi connectivity index (χ1n) is 8.07. The van der Waals surface area contributed by atoms with E-state index >= 15 is 0 Å². The Hall–Kier alpha value is -2.18. The van der Waals surface area contributed by atoms with Gasteiger partial charge in [0.15, 0.2) is 13.1 Å². The normalized spacial score (nSPS) is 11.7. The van der Waals surface area contributed by atoms with Crippen LogP contribution in [0.15, 0.2) is 46.9 Å². The van der Waals surface area contributed by atoms with Crippen LogP contribution in [0.1, 0.15) is 11.1 Å². The number of carbonyl (C=O) groups is 2. The predicted octanol–water partition coefficient (Wildman–Crippen LogP) is 2.16. The van der Waals surface area contributed by atoms with E-state index in [9.17, 15) is 9.59 Å². The van der Waals surface area contributed by atoms with Gasteiger partial charge in [-0.05, 0) is 65.2 Å². The third-order valence-electron chi connectivity index (χ3n) is 3.58. The fourth-order valence-corrected chi connectivity index (χ4v) is 3.00. The summed E-state index contributed by atoms with van der Waals surface area (Å²) >= 11 is 3.39. The molecule has 0 aliphatic rings. The number of anilines is 2. The van der Waals surface area contributed by atoms with Crippen molar-refractivity contribution in [3.8, 4) is 0 Å². The van der Waals surface area contributed by atoms with E-state index in [1.54, 1.807) is 0 Å². The summed E-state index contributed by atoms with van der Waals surface area (Å²) in [6, 6.07) is 13.3. The van der Waals surface area contributed by atoms with E-state index in [1.165, 1.54) is 0 Å². The van der Waals surface area contributed by atoms with Crippen LogP contribution in [-0.2, 0) is 9.59 Å². The van der Waals surface area contributed by atoms with Crippen molar-refractivity contribution < 1.29 is 14.5 Å². The molecule has 0 saturated carbocycles. The number of rotatable bonds is 6. The standard InChI is InChI=1S/C19H22BrN3O2/c1-13-8-14(2)10-15(9-13)21-18(24)11-23(3)12-19(25)22-17-7-5-4-6-16(17)20/h4-10H,11-12H2,1-3H3,(H,21,24)(H,22,25)/p+1. The van der Waals surface area contributed by atoms with Gasteiger partial charge >= 0.3 is 0 Å². The first-order valence-corrected chi connectivity index (χ1v) is 8.86. The van der Waals surface area contributed by atoms with E-state index in [0.717, 1.165) is 31.9 Å². The highest BCUT2D eigenvalue weighted by Gasteiger charge is 2.15. The zero-order valence-electron chi connectivity index (χ0n) is 14.7. The van der Waals surface area contributed by atoms with Crippen molar-refractivity contribution in [2.75, 3.05) is 30.8 Å². The molecule has 25 heavy (non-hydrogen) atoms. The summed E-state index contributed by atoms with van der Waals surface area (Å²) in [6.07, 6.45) is 0. The number of amides is 2. The first kappa shape index (κ1) is 19.1. The number of aryl methyl sites for hydroxylation is 2. The Bertz CT molecular complexity index is 757. The van der Waals surface area contributed by atoms with Gasteiger partial charge in [0.05, 0.1) is 12.7 Å². The van der Waals surface area contributed by atoms with Crippen LogP contribution >= 0.6 is 15.9 Å². The Balaban J connectivity index is 1.84. The molecule has 3 N–H and O–H groups in total. The third kappa shape index (κ3) is 6.32. The molecule has 2 aromatic carbocycles. The van der Waals surface area contributed by atoms with Gasteiger partial charge in [-0.3, -0.25) is 9.59 Å². The van der Waals surface area contributed by atoms with Crippen LogP contribution in [0.3, 0.4) is 0 Å². The molecule has 0 saturated heterocycles. The number of hydrogen-bond donors (Lipinski definition) is 3. The van der Waals surface area contributed by atoms with Gasteiger partial charge in [0.1, 0.15) is 0 Å². The number of halogens is 1. The van der Waals surface area contributed by atoms with Gasteiger partial charge in [0, 0.05) is 10.2 Å². The number of carbonyl (C=O) groups excluding carboxylic acids is 2. The maximum absolute atomic E-state index is 12.2. The number of nitrogens with one attached hydrogen (secondary N) is 3. The predicted molar refractivity (Wildman–Crippen MR) is 104 cm³/mol. The second-order valence-corrected chi connectivity index (χ2v) is 7.12. The Morgan fingerprint density at radius 3 is 2.12 bits per heavy atom. The molecule has 0 aliphatic heterocycles. The average molecular weight is 405 g/mol. The molecule has 2 rings (SSSR count). The van der Waals surface area contributed by atoms with Crippen LogP contribution in [0, 0.1) is 13.8 Å². The quantitative estimate of drug-likeness (QED) is 0.690. The third-order valence-corrected chi connectivity index (χ3v) is 4.27. The van der Waals surface area contributed by atoms with Gasteiger partial charge in [0.25, 0.3) is 11.8 Å². The smallest absolute Gasteiger partial charge is 0.279 e. The fourth-order valence-electron chi connectivity index (χ4n) is 2.62. The van der Waals surface area contributed by atoms with Gasteiger partial charge in [-0.2, -0.15) is 0 Å². The van der Waals surface area contributed by atoms with E-state index in [2.05, 4.69) is 32.6 Å². The lowest BCUT2D eigenvalue weighted by atomic mass is 10.1. The molecule has 2 amide bonds. The highest BCUT2D eigenvalue weighted by molar-refractivity contribution is 9.10. The monoisotopic (exact) mass is 404 g/mol. The molecule has 1 atom stereocenters. The van der Waals surface area contributed by atoms with Crippen molar-refractivity contribution in [1.29, 1.82) is 0 Å². The number of quaternary nitrogens is 1. The minimum absolute atomic E-state index is 0.115. The number of para-hydroxylation sites is 1. The summed E-state index contributed by atoms with van der Waals surface area (Å²) in [6.45, 7) is 4.41.